The van der Waals surface area contributed by atoms with Gasteiger partial charge in [0.05, 0.1) is 6.42 Å². The van der Waals surface area contributed by atoms with Crippen molar-refractivity contribution in [2.75, 3.05) is 0 Å². The highest BCUT2D eigenvalue weighted by Gasteiger charge is 2.30. The van der Waals surface area contributed by atoms with Crippen molar-refractivity contribution in [1.82, 2.24) is 5.32 Å². The van der Waals surface area contributed by atoms with Crippen molar-refractivity contribution in [2.24, 2.45) is 5.92 Å². The Labute approximate surface area is 129 Å². The van der Waals surface area contributed by atoms with Crippen molar-refractivity contribution in [3.63, 3.8) is 0 Å². The highest BCUT2D eigenvalue weighted by Crippen LogP contribution is 2.33. The van der Waals surface area contributed by atoms with Crippen molar-refractivity contribution in [3.05, 3.63) is 48.0 Å². The minimum absolute atomic E-state index is 0.204. The van der Waals surface area contributed by atoms with E-state index >= 15 is 0 Å². The van der Waals surface area contributed by atoms with E-state index in [1.54, 1.807) is 0 Å². The lowest BCUT2D eigenvalue weighted by Gasteiger charge is -2.14. The highest BCUT2D eigenvalue weighted by molar-refractivity contribution is 5.91. The molecule has 0 saturated heterocycles. The van der Waals surface area contributed by atoms with Crippen LogP contribution in [0.2, 0.25) is 0 Å². The molecule has 1 saturated carbocycles. The van der Waals surface area contributed by atoms with Crippen LogP contribution in [0.5, 0.6) is 0 Å². The molecule has 1 unspecified atom stereocenters. The van der Waals surface area contributed by atoms with Crippen LogP contribution in [0.3, 0.4) is 0 Å². The molecule has 1 aliphatic rings. The topological polar surface area (TPSA) is 66.4 Å². The molecule has 2 aromatic carbocycles. The Bertz CT molecular complexity index is 701. The molecule has 22 heavy (non-hydrogen) atoms. The number of benzene rings is 2. The van der Waals surface area contributed by atoms with Crippen LogP contribution in [-0.2, 0) is 16.0 Å². The number of hydrogen-bond acceptors (Lipinski definition) is 2. The summed E-state index contributed by atoms with van der Waals surface area (Å²) in [5, 5.41) is 14.0. The van der Waals surface area contributed by atoms with Crippen molar-refractivity contribution < 1.29 is 14.7 Å². The average molecular weight is 297 g/mol. The fraction of sp³-hybridized carbons (Fsp3) is 0.333. The summed E-state index contributed by atoms with van der Waals surface area (Å²) in [6.45, 7) is 0. The molecule has 0 bridgehead atoms. The molecule has 1 fully saturated rings. The van der Waals surface area contributed by atoms with Gasteiger partial charge in [0.1, 0.15) is 6.04 Å². The molecule has 0 aromatic heterocycles. The van der Waals surface area contributed by atoms with Gasteiger partial charge in [0.25, 0.3) is 0 Å². The monoisotopic (exact) mass is 297 g/mol. The number of carbonyl (C=O) groups excluding carboxylic acids is 1. The molecule has 0 radical (unpaired) electrons. The summed E-state index contributed by atoms with van der Waals surface area (Å²) in [4.78, 5) is 23.4. The smallest absolute Gasteiger partial charge is 0.326 e. The Balaban J connectivity index is 1.70. The summed E-state index contributed by atoms with van der Waals surface area (Å²) in [6, 6.07) is 13.0. The van der Waals surface area contributed by atoms with E-state index in [0.717, 1.165) is 29.2 Å². The second-order valence-electron chi connectivity index (χ2n) is 5.95. The normalized spacial score (nSPS) is 15.5. The molecule has 0 spiro atoms. The van der Waals surface area contributed by atoms with Gasteiger partial charge in [0.15, 0.2) is 0 Å². The Morgan fingerprint density at radius 3 is 2.59 bits per heavy atom. The zero-order valence-corrected chi connectivity index (χ0v) is 12.3. The third-order valence-electron chi connectivity index (χ3n) is 4.13. The van der Waals surface area contributed by atoms with Crippen LogP contribution in [0.1, 0.15) is 24.8 Å². The Hall–Kier alpha value is -2.36. The number of rotatable bonds is 6. The molecule has 4 nitrogen and oxygen atoms in total. The molecule has 0 aliphatic heterocycles. The number of nitrogens with one attached hydrogen (secondary N) is 1. The number of hydrogen-bond donors (Lipinski definition) is 2. The van der Waals surface area contributed by atoms with Gasteiger partial charge in [0, 0.05) is 0 Å². The third-order valence-corrected chi connectivity index (χ3v) is 4.13. The maximum atomic E-state index is 12.2. The second kappa shape index (κ2) is 6.18. The van der Waals surface area contributed by atoms with Crippen molar-refractivity contribution in [1.29, 1.82) is 0 Å². The van der Waals surface area contributed by atoms with Gasteiger partial charge in [-0.05, 0) is 28.7 Å². The average Bonchev–Trinajstić information content (AvgIpc) is 3.31. The minimum atomic E-state index is -0.946. The summed E-state index contributed by atoms with van der Waals surface area (Å²) in [7, 11) is 0. The predicted octanol–water partition coefficient (Wildman–Crippen LogP) is 2.75. The Morgan fingerprint density at radius 2 is 1.86 bits per heavy atom. The van der Waals surface area contributed by atoms with Crippen LogP contribution in [0.15, 0.2) is 42.5 Å². The van der Waals surface area contributed by atoms with E-state index in [1.807, 2.05) is 42.5 Å². The van der Waals surface area contributed by atoms with Crippen molar-refractivity contribution in [2.45, 2.75) is 31.7 Å². The Morgan fingerprint density at radius 1 is 1.14 bits per heavy atom. The van der Waals surface area contributed by atoms with Crippen LogP contribution in [-0.4, -0.2) is 23.0 Å². The minimum Gasteiger partial charge on any atom is -0.480 e. The molecule has 1 aliphatic carbocycles. The molecule has 1 atom stereocenters. The zero-order valence-electron chi connectivity index (χ0n) is 12.3. The van der Waals surface area contributed by atoms with Gasteiger partial charge < -0.3 is 10.4 Å². The first-order valence-electron chi connectivity index (χ1n) is 7.62. The van der Waals surface area contributed by atoms with Gasteiger partial charge in [-0.25, -0.2) is 4.79 Å². The maximum absolute atomic E-state index is 12.2. The fourth-order valence-electron chi connectivity index (χ4n) is 2.77. The number of aliphatic carboxylic acids is 1. The van der Waals surface area contributed by atoms with Gasteiger partial charge in [-0.15, -0.1) is 0 Å². The predicted molar refractivity (Wildman–Crippen MR) is 84.6 cm³/mol. The van der Waals surface area contributed by atoms with Crippen LogP contribution in [0, 0.1) is 5.92 Å². The second-order valence-corrected chi connectivity index (χ2v) is 5.95. The van der Waals surface area contributed by atoms with E-state index in [2.05, 4.69) is 5.32 Å². The molecular formula is C18H19NO3. The summed E-state index contributed by atoms with van der Waals surface area (Å²) >= 11 is 0. The van der Waals surface area contributed by atoms with E-state index in [9.17, 15) is 14.7 Å². The summed E-state index contributed by atoms with van der Waals surface area (Å²) in [5.41, 5.74) is 0.922. The van der Waals surface area contributed by atoms with Gasteiger partial charge in [-0.3, -0.25) is 4.79 Å². The summed E-state index contributed by atoms with van der Waals surface area (Å²) in [5.74, 6) is -0.721. The number of carboxylic acid groups (broad SMARTS) is 1. The first-order chi connectivity index (χ1) is 10.6. The van der Waals surface area contributed by atoms with E-state index in [4.69, 9.17) is 0 Å². The van der Waals surface area contributed by atoms with E-state index in [-0.39, 0.29) is 12.3 Å². The molecule has 3 rings (SSSR count). The maximum Gasteiger partial charge on any atom is 0.326 e. The standard InChI is InChI=1S/C18H19NO3/c20-17(19-16(18(21)22)10-12-8-9-12)11-14-6-3-5-13-4-1-2-7-15(13)14/h1-7,12,16H,8-11H2,(H,19,20)(H,21,22). The van der Waals surface area contributed by atoms with E-state index in [1.165, 1.54) is 0 Å². The molecule has 1 amide bonds. The first-order valence-corrected chi connectivity index (χ1v) is 7.62. The van der Waals surface area contributed by atoms with E-state index in [0.29, 0.717) is 12.3 Å². The molecule has 2 aromatic rings. The highest BCUT2D eigenvalue weighted by atomic mass is 16.4. The molecule has 114 valence electrons. The Kier molecular flexibility index (Phi) is 4.09. The third kappa shape index (κ3) is 3.45. The van der Waals surface area contributed by atoms with Crippen LogP contribution >= 0.6 is 0 Å². The van der Waals surface area contributed by atoms with Gasteiger partial charge >= 0.3 is 5.97 Å². The number of amides is 1. The summed E-state index contributed by atoms with van der Waals surface area (Å²) in [6.07, 6.45) is 2.89. The van der Waals surface area contributed by atoms with Crippen molar-refractivity contribution in [3.8, 4) is 0 Å². The quantitative estimate of drug-likeness (QED) is 0.861. The molecule has 4 heteroatoms. The first kappa shape index (κ1) is 14.6. The lowest BCUT2D eigenvalue weighted by Crippen LogP contribution is -2.41. The van der Waals surface area contributed by atoms with Crippen LogP contribution < -0.4 is 5.32 Å². The SMILES string of the molecule is O=C(Cc1cccc2ccccc12)NC(CC1CC1)C(=O)O. The molecule has 2 N–H and O–H groups in total. The number of carbonyl (C=O) groups is 2. The van der Waals surface area contributed by atoms with Gasteiger partial charge in [-0.2, -0.15) is 0 Å². The van der Waals surface area contributed by atoms with Crippen molar-refractivity contribution >= 4 is 22.6 Å². The lowest BCUT2D eigenvalue weighted by atomic mass is 10.0. The zero-order chi connectivity index (χ0) is 15.5. The van der Waals surface area contributed by atoms with E-state index < -0.39 is 12.0 Å². The lowest BCUT2D eigenvalue weighted by molar-refractivity contribution is -0.142. The van der Waals surface area contributed by atoms with Crippen LogP contribution in [0.4, 0.5) is 0 Å². The summed E-state index contributed by atoms with van der Waals surface area (Å²) < 4.78 is 0. The molecule has 0 heterocycles. The van der Waals surface area contributed by atoms with Crippen LogP contribution in [0.25, 0.3) is 10.8 Å². The largest absolute Gasteiger partial charge is 0.480 e. The van der Waals surface area contributed by atoms with Gasteiger partial charge in [-0.1, -0.05) is 55.3 Å². The fourth-order valence-corrected chi connectivity index (χ4v) is 2.77. The number of carboxylic acids is 1. The van der Waals surface area contributed by atoms with Gasteiger partial charge in [0.2, 0.25) is 5.91 Å². The number of fused-ring (bicyclic) bond motifs is 1. The molecular weight excluding hydrogens is 278 g/mol.